The van der Waals surface area contributed by atoms with E-state index in [2.05, 4.69) is 10.3 Å². The Morgan fingerprint density at radius 1 is 1.62 bits per heavy atom. The lowest BCUT2D eigenvalue weighted by molar-refractivity contribution is 0.0956. The zero-order valence-corrected chi connectivity index (χ0v) is 8.90. The molecule has 5 nitrogen and oxygen atoms in total. The molecule has 1 fully saturated rings. The van der Waals surface area contributed by atoms with Crippen molar-refractivity contribution in [1.82, 2.24) is 10.3 Å². The molecule has 2 rings (SSSR count). The second-order valence-corrected chi connectivity index (χ2v) is 3.62. The Bertz CT molecular complexity index is 427. The molecule has 1 aromatic rings. The molecule has 0 radical (unpaired) electrons. The van der Waals surface area contributed by atoms with Gasteiger partial charge in [-0.15, -0.1) is 0 Å². The van der Waals surface area contributed by atoms with Crippen LogP contribution in [0.15, 0.2) is 12.3 Å². The number of aromatic nitrogens is 1. The van der Waals surface area contributed by atoms with E-state index < -0.39 is 0 Å². The number of nitrogens with one attached hydrogen (secondary N) is 1. The predicted octanol–water partition coefficient (Wildman–Crippen LogP) is 0.795. The molecule has 0 atom stereocenters. The Labute approximate surface area is 92.8 Å². The number of ether oxygens (including phenoxy) is 1. The number of nitrogens with zero attached hydrogens (tertiary/aromatic N) is 1. The molecular formula is C11H12N2O3. The molecule has 1 aromatic heterocycles. The summed E-state index contributed by atoms with van der Waals surface area (Å²) in [7, 11) is 1.53. The van der Waals surface area contributed by atoms with Gasteiger partial charge in [-0.1, -0.05) is 0 Å². The van der Waals surface area contributed by atoms with E-state index in [1.54, 1.807) is 0 Å². The Hall–Kier alpha value is -1.91. The normalized spacial score (nSPS) is 14.3. The first-order valence-corrected chi connectivity index (χ1v) is 5.08. The first-order valence-electron chi connectivity index (χ1n) is 5.08. The molecule has 0 spiro atoms. The highest BCUT2D eigenvalue weighted by Crippen LogP contribution is 2.28. The van der Waals surface area contributed by atoms with Crippen molar-refractivity contribution < 1.29 is 14.3 Å². The second-order valence-electron chi connectivity index (χ2n) is 3.62. The van der Waals surface area contributed by atoms with E-state index >= 15 is 0 Å². The van der Waals surface area contributed by atoms with Gasteiger partial charge >= 0.3 is 0 Å². The van der Waals surface area contributed by atoms with Gasteiger partial charge in [0.25, 0.3) is 5.91 Å². The lowest BCUT2D eigenvalue weighted by Crippen LogP contribution is -2.19. The summed E-state index contributed by atoms with van der Waals surface area (Å²) in [5, 5.41) is 2.47. The zero-order chi connectivity index (χ0) is 11.5. The summed E-state index contributed by atoms with van der Waals surface area (Å²) in [4.78, 5) is 26.0. The van der Waals surface area contributed by atoms with Crippen molar-refractivity contribution >= 4 is 12.2 Å². The lowest BCUT2D eigenvalue weighted by Gasteiger charge is -2.08. The molecule has 84 valence electrons. The van der Waals surface area contributed by atoms with Gasteiger partial charge in [-0.05, 0) is 12.8 Å². The smallest absolute Gasteiger partial charge is 0.269 e. The van der Waals surface area contributed by atoms with Crippen LogP contribution in [0, 0.1) is 0 Å². The van der Waals surface area contributed by atoms with E-state index in [9.17, 15) is 9.59 Å². The molecule has 1 N–H and O–H groups in total. The molecule has 16 heavy (non-hydrogen) atoms. The van der Waals surface area contributed by atoms with Gasteiger partial charge in [0.1, 0.15) is 11.4 Å². The summed E-state index contributed by atoms with van der Waals surface area (Å²) in [5.74, 6) is 0.143. The van der Waals surface area contributed by atoms with E-state index in [1.807, 2.05) is 0 Å². The fourth-order valence-corrected chi connectivity index (χ4v) is 1.26. The highest BCUT2D eigenvalue weighted by atomic mass is 16.5. The minimum Gasteiger partial charge on any atom is -0.490 e. The highest BCUT2D eigenvalue weighted by molar-refractivity contribution is 5.93. The maximum Gasteiger partial charge on any atom is 0.269 e. The standard InChI is InChI=1S/C11H12N2O3/c1-12-11(15)9-4-10(16-8-2-3-8)7(6-14)5-13-9/h4-6,8H,2-3H2,1H3,(H,12,15). The summed E-state index contributed by atoms with van der Waals surface area (Å²) < 4.78 is 5.53. The topological polar surface area (TPSA) is 68.3 Å². The molecule has 1 amide bonds. The molecule has 1 aliphatic rings. The van der Waals surface area contributed by atoms with Crippen molar-refractivity contribution in [1.29, 1.82) is 0 Å². The van der Waals surface area contributed by atoms with Gasteiger partial charge < -0.3 is 10.1 Å². The van der Waals surface area contributed by atoms with Crippen LogP contribution in [0.4, 0.5) is 0 Å². The Kier molecular flexibility index (Phi) is 2.85. The van der Waals surface area contributed by atoms with Crippen LogP contribution in [0.3, 0.4) is 0 Å². The van der Waals surface area contributed by atoms with Gasteiger partial charge in [0, 0.05) is 19.3 Å². The third-order valence-electron chi connectivity index (χ3n) is 2.30. The van der Waals surface area contributed by atoms with Crippen molar-refractivity contribution in [3.63, 3.8) is 0 Å². The van der Waals surface area contributed by atoms with Crippen molar-refractivity contribution in [2.24, 2.45) is 0 Å². The van der Waals surface area contributed by atoms with Gasteiger partial charge in [-0.3, -0.25) is 14.6 Å². The second kappa shape index (κ2) is 4.30. The number of hydrogen-bond acceptors (Lipinski definition) is 4. The number of carbonyl (C=O) groups is 2. The molecule has 0 aliphatic heterocycles. The van der Waals surface area contributed by atoms with Crippen LogP contribution in [-0.4, -0.2) is 30.3 Å². The van der Waals surface area contributed by atoms with Crippen LogP contribution in [0.2, 0.25) is 0 Å². The fraction of sp³-hybridized carbons (Fsp3) is 0.364. The summed E-state index contributed by atoms with van der Waals surface area (Å²) in [5.41, 5.74) is 0.628. The molecule has 0 bridgehead atoms. The molecular weight excluding hydrogens is 208 g/mol. The van der Waals surface area contributed by atoms with Gasteiger partial charge in [0.05, 0.1) is 11.7 Å². The molecule has 0 unspecified atom stereocenters. The monoisotopic (exact) mass is 220 g/mol. The van der Waals surface area contributed by atoms with Crippen molar-refractivity contribution in [3.05, 3.63) is 23.5 Å². The lowest BCUT2D eigenvalue weighted by atomic mass is 10.2. The van der Waals surface area contributed by atoms with Crippen LogP contribution in [0.5, 0.6) is 5.75 Å². The largest absolute Gasteiger partial charge is 0.490 e. The first-order chi connectivity index (χ1) is 7.74. The average molecular weight is 220 g/mol. The average Bonchev–Trinajstić information content (AvgIpc) is 3.12. The predicted molar refractivity (Wildman–Crippen MR) is 56.7 cm³/mol. The molecule has 1 heterocycles. The molecule has 0 aromatic carbocycles. The maximum atomic E-state index is 11.3. The van der Waals surface area contributed by atoms with Gasteiger partial charge in [0.2, 0.25) is 0 Å². The molecule has 1 aliphatic carbocycles. The molecule has 5 heteroatoms. The van der Waals surface area contributed by atoms with Gasteiger partial charge in [-0.25, -0.2) is 0 Å². The number of rotatable bonds is 4. The van der Waals surface area contributed by atoms with Crippen molar-refractivity contribution in [2.45, 2.75) is 18.9 Å². The molecule has 0 saturated heterocycles. The van der Waals surface area contributed by atoms with E-state index in [-0.39, 0.29) is 17.7 Å². The quantitative estimate of drug-likeness (QED) is 0.762. The van der Waals surface area contributed by atoms with Crippen LogP contribution in [-0.2, 0) is 0 Å². The summed E-state index contributed by atoms with van der Waals surface area (Å²) >= 11 is 0. The zero-order valence-electron chi connectivity index (χ0n) is 8.90. The highest BCUT2D eigenvalue weighted by Gasteiger charge is 2.25. The number of carbonyl (C=O) groups excluding carboxylic acids is 2. The van der Waals surface area contributed by atoms with Crippen molar-refractivity contribution in [2.75, 3.05) is 7.05 Å². The minimum absolute atomic E-state index is 0.179. The van der Waals surface area contributed by atoms with Crippen molar-refractivity contribution in [3.8, 4) is 5.75 Å². The SMILES string of the molecule is CNC(=O)c1cc(OC2CC2)c(C=O)cn1. The number of pyridine rings is 1. The summed E-state index contributed by atoms with van der Waals surface area (Å²) in [6.07, 6.45) is 4.21. The number of hydrogen-bond donors (Lipinski definition) is 1. The fourth-order valence-electron chi connectivity index (χ4n) is 1.26. The van der Waals surface area contributed by atoms with E-state index in [0.29, 0.717) is 17.6 Å². The van der Waals surface area contributed by atoms with Crippen LogP contribution >= 0.6 is 0 Å². The Morgan fingerprint density at radius 2 is 2.38 bits per heavy atom. The molecule has 1 saturated carbocycles. The Balaban J connectivity index is 2.29. The van der Waals surface area contributed by atoms with Gasteiger partial charge in [0.15, 0.2) is 6.29 Å². The Morgan fingerprint density at radius 3 is 2.94 bits per heavy atom. The van der Waals surface area contributed by atoms with Gasteiger partial charge in [-0.2, -0.15) is 0 Å². The van der Waals surface area contributed by atoms with Crippen LogP contribution in [0.1, 0.15) is 33.7 Å². The van der Waals surface area contributed by atoms with E-state index in [1.165, 1.54) is 19.3 Å². The third-order valence-corrected chi connectivity index (χ3v) is 2.30. The summed E-state index contributed by atoms with van der Waals surface area (Å²) in [6.45, 7) is 0. The van der Waals surface area contributed by atoms with E-state index in [4.69, 9.17) is 4.74 Å². The number of amides is 1. The number of aldehydes is 1. The minimum atomic E-state index is -0.293. The third kappa shape index (κ3) is 2.18. The first kappa shape index (κ1) is 10.6. The van der Waals surface area contributed by atoms with Crippen LogP contribution < -0.4 is 10.1 Å². The van der Waals surface area contributed by atoms with Crippen LogP contribution in [0.25, 0.3) is 0 Å². The maximum absolute atomic E-state index is 11.3. The summed E-state index contributed by atoms with van der Waals surface area (Å²) in [6, 6.07) is 1.50. The van der Waals surface area contributed by atoms with E-state index in [0.717, 1.165) is 12.8 Å².